The highest BCUT2D eigenvalue weighted by molar-refractivity contribution is 5.80. The van der Waals surface area contributed by atoms with Gasteiger partial charge in [-0.1, -0.05) is 6.92 Å². The summed E-state index contributed by atoms with van der Waals surface area (Å²) in [5.74, 6) is 0.658. The lowest BCUT2D eigenvalue weighted by Gasteiger charge is -2.38. The molecule has 2 aliphatic heterocycles. The van der Waals surface area contributed by atoms with Gasteiger partial charge in [0.15, 0.2) is 0 Å². The average Bonchev–Trinajstić information content (AvgIpc) is 2.60. The maximum absolute atomic E-state index is 11.9. The number of piperidine rings is 1. The molecule has 2 heterocycles. The van der Waals surface area contributed by atoms with E-state index in [0.717, 1.165) is 38.9 Å². The minimum atomic E-state index is 0.267. The lowest BCUT2D eigenvalue weighted by molar-refractivity contribution is -0.133. The molecule has 1 unspecified atom stereocenters. The van der Waals surface area contributed by atoms with Crippen LogP contribution < -0.4 is 0 Å². The summed E-state index contributed by atoms with van der Waals surface area (Å²) in [6.07, 6.45) is 3.39. The largest absolute Gasteiger partial charge is 0.339 e. The molecule has 2 aliphatic rings. The van der Waals surface area contributed by atoms with E-state index < -0.39 is 0 Å². The van der Waals surface area contributed by atoms with Gasteiger partial charge in [0.1, 0.15) is 0 Å². The lowest BCUT2D eigenvalue weighted by Crippen LogP contribution is -2.47. The van der Waals surface area contributed by atoms with Crippen molar-refractivity contribution in [3.05, 3.63) is 0 Å². The van der Waals surface area contributed by atoms with E-state index in [9.17, 15) is 4.79 Å². The minimum absolute atomic E-state index is 0.267. The maximum atomic E-state index is 11.9. The Hall–Kier alpha value is -0.570. The quantitative estimate of drug-likeness (QED) is 0.713. The Kier molecular flexibility index (Phi) is 3.53. The van der Waals surface area contributed by atoms with Crippen LogP contribution in [0.4, 0.5) is 0 Å². The van der Waals surface area contributed by atoms with Gasteiger partial charge in [0.25, 0.3) is 0 Å². The molecule has 0 radical (unpaired) electrons. The van der Waals surface area contributed by atoms with E-state index in [1.54, 1.807) is 0 Å². The van der Waals surface area contributed by atoms with Crippen molar-refractivity contribution in [2.24, 2.45) is 5.92 Å². The fourth-order valence-electron chi connectivity index (χ4n) is 2.93. The summed E-state index contributed by atoms with van der Waals surface area (Å²) in [7, 11) is 0. The zero-order valence-corrected chi connectivity index (χ0v) is 10.8. The third kappa shape index (κ3) is 2.24. The smallest absolute Gasteiger partial charge is 0.225 e. The molecule has 0 spiro atoms. The Morgan fingerprint density at radius 1 is 1.12 bits per heavy atom. The van der Waals surface area contributed by atoms with E-state index in [1.165, 1.54) is 0 Å². The summed E-state index contributed by atoms with van der Waals surface area (Å²) in [6, 6.07) is 1.17. The Bertz CT molecular complexity index is 257. The molecule has 1 atom stereocenters. The molecule has 1 amide bonds. The van der Waals surface area contributed by atoms with Gasteiger partial charge in [-0.15, -0.1) is 0 Å². The van der Waals surface area contributed by atoms with Crippen LogP contribution >= 0.6 is 0 Å². The highest BCUT2D eigenvalue weighted by atomic mass is 16.2. The summed E-state index contributed by atoms with van der Waals surface area (Å²) >= 11 is 0. The van der Waals surface area contributed by atoms with Crippen LogP contribution in [0, 0.1) is 5.92 Å². The van der Waals surface area contributed by atoms with Gasteiger partial charge in [0.05, 0.1) is 0 Å². The van der Waals surface area contributed by atoms with Gasteiger partial charge in [-0.3, -0.25) is 4.79 Å². The number of likely N-dealkylation sites (tertiary alicyclic amines) is 2. The second kappa shape index (κ2) is 4.74. The molecule has 16 heavy (non-hydrogen) atoms. The zero-order chi connectivity index (χ0) is 11.7. The third-order valence-electron chi connectivity index (χ3n) is 4.18. The normalized spacial score (nSPS) is 29.4. The van der Waals surface area contributed by atoms with Crippen molar-refractivity contribution in [2.45, 2.75) is 52.1 Å². The summed E-state index contributed by atoms with van der Waals surface area (Å²) in [5.41, 5.74) is 0. The summed E-state index contributed by atoms with van der Waals surface area (Å²) in [4.78, 5) is 16.6. The van der Waals surface area contributed by atoms with Crippen LogP contribution in [-0.2, 0) is 4.79 Å². The van der Waals surface area contributed by atoms with Crippen LogP contribution in [0.25, 0.3) is 0 Å². The van der Waals surface area contributed by atoms with Crippen molar-refractivity contribution in [3.63, 3.8) is 0 Å². The van der Waals surface area contributed by atoms with E-state index in [2.05, 4.69) is 30.6 Å². The fraction of sp³-hybridized carbons (Fsp3) is 0.923. The Labute approximate surface area is 98.8 Å². The number of nitrogens with zero attached hydrogens (tertiary/aromatic N) is 2. The second-order valence-electron chi connectivity index (χ2n) is 5.58. The van der Waals surface area contributed by atoms with Gasteiger partial charge in [0.2, 0.25) is 5.91 Å². The SMILES string of the molecule is CC1CCN(C2CCN(C(C)C)CC2)C1=O. The van der Waals surface area contributed by atoms with Gasteiger partial charge >= 0.3 is 0 Å². The predicted octanol–water partition coefficient (Wildman–Crippen LogP) is 1.73. The van der Waals surface area contributed by atoms with Crippen molar-refractivity contribution in [1.29, 1.82) is 0 Å². The van der Waals surface area contributed by atoms with Crippen molar-refractivity contribution in [3.8, 4) is 0 Å². The van der Waals surface area contributed by atoms with Crippen molar-refractivity contribution >= 4 is 5.91 Å². The number of amides is 1. The van der Waals surface area contributed by atoms with E-state index in [1.807, 2.05) is 0 Å². The molecule has 3 heteroatoms. The van der Waals surface area contributed by atoms with E-state index >= 15 is 0 Å². The van der Waals surface area contributed by atoms with Gasteiger partial charge in [-0.25, -0.2) is 0 Å². The molecule has 0 aromatic rings. The Balaban J connectivity index is 1.87. The van der Waals surface area contributed by atoms with Crippen LogP contribution in [0.3, 0.4) is 0 Å². The van der Waals surface area contributed by atoms with Crippen LogP contribution in [0.5, 0.6) is 0 Å². The first-order chi connectivity index (χ1) is 7.59. The number of rotatable bonds is 2. The molecule has 92 valence electrons. The zero-order valence-electron chi connectivity index (χ0n) is 10.8. The first-order valence-electron chi connectivity index (χ1n) is 6.64. The molecular formula is C13H24N2O. The topological polar surface area (TPSA) is 23.6 Å². The molecule has 0 N–H and O–H groups in total. The van der Waals surface area contributed by atoms with E-state index in [4.69, 9.17) is 0 Å². The highest BCUT2D eigenvalue weighted by Crippen LogP contribution is 2.25. The molecule has 2 fully saturated rings. The average molecular weight is 224 g/mol. The number of hydrogen-bond acceptors (Lipinski definition) is 2. The minimum Gasteiger partial charge on any atom is -0.339 e. The monoisotopic (exact) mass is 224 g/mol. The van der Waals surface area contributed by atoms with Crippen LogP contribution in [0.1, 0.15) is 40.0 Å². The lowest BCUT2D eigenvalue weighted by atomic mass is 10.0. The fourth-order valence-corrected chi connectivity index (χ4v) is 2.93. The summed E-state index contributed by atoms with van der Waals surface area (Å²) < 4.78 is 0. The standard InChI is InChI=1S/C13H24N2O/c1-10(2)14-7-5-12(6-8-14)15-9-4-11(3)13(15)16/h10-12H,4-9H2,1-3H3. The second-order valence-corrected chi connectivity index (χ2v) is 5.58. The van der Waals surface area contributed by atoms with Crippen molar-refractivity contribution in [2.75, 3.05) is 19.6 Å². The Morgan fingerprint density at radius 3 is 2.19 bits per heavy atom. The van der Waals surface area contributed by atoms with Gasteiger partial charge in [-0.05, 0) is 33.1 Å². The van der Waals surface area contributed by atoms with Gasteiger partial charge in [-0.2, -0.15) is 0 Å². The molecule has 0 aliphatic carbocycles. The van der Waals surface area contributed by atoms with Crippen LogP contribution in [0.2, 0.25) is 0 Å². The van der Waals surface area contributed by atoms with Crippen molar-refractivity contribution in [1.82, 2.24) is 9.80 Å². The van der Waals surface area contributed by atoms with Crippen LogP contribution in [-0.4, -0.2) is 47.4 Å². The van der Waals surface area contributed by atoms with Crippen LogP contribution in [0.15, 0.2) is 0 Å². The molecule has 0 aromatic heterocycles. The first-order valence-corrected chi connectivity index (χ1v) is 6.64. The van der Waals surface area contributed by atoms with E-state index in [-0.39, 0.29) is 5.92 Å². The molecule has 2 saturated heterocycles. The number of carbonyl (C=O) groups is 1. The van der Waals surface area contributed by atoms with Gasteiger partial charge < -0.3 is 9.80 Å². The summed E-state index contributed by atoms with van der Waals surface area (Å²) in [6.45, 7) is 9.87. The van der Waals surface area contributed by atoms with Gasteiger partial charge in [0, 0.05) is 37.6 Å². The third-order valence-corrected chi connectivity index (χ3v) is 4.18. The molecule has 3 nitrogen and oxygen atoms in total. The molecule has 0 saturated carbocycles. The first kappa shape index (κ1) is 11.9. The number of hydrogen-bond donors (Lipinski definition) is 0. The molecule has 2 rings (SSSR count). The Morgan fingerprint density at radius 2 is 1.75 bits per heavy atom. The predicted molar refractivity (Wildman–Crippen MR) is 65.2 cm³/mol. The van der Waals surface area contributed by atoms with Crippen molar-refractivity contribution < 1.29 is 4.79 Å². The molecule has 0 aromatic carbocycles. The van der Waals surface area contributed by atoms with E-state index in [0.29, 0.717) is 18.0 Å². The number of carbonyl (C=O) groups excluding carboxylic acids is 1. The molecular weight excluding hydrogens is 200 g/mol. The summed E-state index contributed by atoms with van der Waals surface area (Å²) in [5, 5.41) is 0. The molecule has 0 bridgehead atoms. The maximum Gasteiger partial charge on any atom is 0.225 e. The highest BCUT2D eigenvalue weighted by Gasteiger charge is 2.34.